The van der Waals surface area contributed by atoms with Crippen molar-refractivity contribution in [1.29, 1.82) is 0 Å². The number of rotatable bonds is 9. The molecule has 0 radical (unpaired) electrons. The first kappa shape index (κ1) is 17.0. The van der Waals surface area contributed by atoms with E-state index in [9.17, 15) is 4.79 Å². The van der Waals surface area contributed by atoms with Gasteiger partial charge in [-0.3, -0.25) is 9.78 Å². The molecule has 0 aliphatic carbocycles. The van der Waals surface area contributed by atoms with Crippen LogP contribution >= 0.6 is 11.8 Å². The molecule has 0 saturated heterocycles. The Kier molecular flexibility index (Phi) is 7.62. The molecule has 0 saturated carbocycles. The molecule has 0 bridgehead atoms. The molecule has 1 heterocycles. The SMILES string of the molecule is CCNC(C)(CCCSc1ccncc1)C(=O)OCC. The average molecular weight is 296 g/mol. The minimum Gasteiger partial charge on any atom is -0.465 e. The second-order valence-corrected chi connectivity index (χ2v) is 5.89. The summed E-state index contributed by atoms with van der Waals surface area (Å²) in [5.74, 6) is 0.820. The molecular formula is C15H24N2O2S. The number of nitrogens with one attached hydrogen (secondary N) is 1. The third kappa shape index (κ3) is 5.51. The maximum Gasteiger partial charge on any atom is 0.326 e. The van der Waals surface area contributed by atoms with Gasteiger partial charge in [0.15, 0.2) is 0 Å². The maximum atomic E-state index is 12.0. The number of likely N-dealkylation sites (N-methyl/N-ethyl adjacent to an activating group) is 1. The first-order chi connectivity index (χ1) is 9.62. The molecule has 1 aromatic rings. The summed E-state index contributed by atoms with van der Waals surface area (Å²) in [7, 11) is 0. The molecule has 5 heteroatoms. The van der Waals surface area contributed by atoms with Crippen molar-refractivity contribution < 1.29 is 9.53 Å². The highest BCUT2D eigenvalue weighted by atomic mass is 32.2. The van der Waals surface area contributed by atoms with Gasteiger partial charge in [-0.2, -0.15) is 0 Å². The van der Waals surface area contributed by atoms with Crippen molar-refractivity contribution in [3.63, 3.8) is 0 Å². The standard InChI is InChI=1S/C15H24N2O2S/c1-4-17-15(3,14(18)19-5-2)9-6-12-20-13-7-10-16-11-8-13/h7-8,10-11,17H,4-6,9,12H2,1-3H3. The van der Waals surface area contributed by atoms with Crippen LogP contribution < -0.4 is 5.32 Å². The van der Waals surface area contributed by atoms with E-state index in [1.165, 1.54) is 4.90 Å². The van der Waals surface area contributed by atoms with E-state index in [1.54, 1.807) is 24.2 Å². The molecule has 20 heavy (non-hydrogen) atoms. The number of hydrogen-bond donors (Lipinski definition) is 1. The second kappa shape index (κ2) is 8.97. The summed E-state index contributed by atoms with van der Waals surface area (Å²) in [5.41, 5.74) is -0.580. The Hall–Kier alpha value is -1.07. The first-order valence-electron chi connectivity index (χ1n) is 7.07. The predicted octanol–water partition coefficient (Wildman–Crippen LogP) is 2.89. The van der Waals surface area contributed by atoms with E-state index in [-0.39, 0.29) is 5.97 Å². The summed E-state index contributed by atoms with van der Waals surface area (Å²) in [6.45, 7) is 6.94. The molecule has 0 aliphatic rings. The van der Waals surface area contributed by atoms with Crippen LogP contribution in [0.5, 0.6) is 0 Å². The lowest BCUT2D eigenvalue weighted by Gasteiger charge is -2.28. The van der Waals surface area contributed by atoms with Gasteiger partial charge in [0.1, 0.15) is 5.54 Å². The van der Waals surface area contributed by atoms with Crippen LogP contribution in [-0.2, 0) is 9.53 Å². The van der Waals surface area contributed by atoms with Crippen LogP contribution in [0.2, 0.25) is 0 Å². The highest BCUT2D eigenvalue weighted by molar-refractivity contribution is 7.99. The Morgan fingerprint density at radius 3 is 2.70 bits per heavy atom. The molecule has 0 spiro atoms. The van der Waals surface area contributed by atoms with Gasteiger partial charge < -0.3 is 10.1 Å². The molecule has 1 aromatic heterocycles. The Balaban J connectivity index is 2.41. The van der Waals surface area contributed by atoms with Crippen LogP contribution in [0.25, 0.3) is 0 Å². The molecule has 4 nitrogen and oxygen atoms in total. The third-order valence-electron chi connectivity index (χ3n) is 3.03. The van der Waals surface area contributed by atoms with Crippen molar-refractivity contribution in [2.75, 3.05) is 18.9 Å². The smallest absolute Gasteiger partial charge is 0.326 e. The van der Waals surface area contributed by atoms with Crippen molar-refractivity contribution in [2.24, 2.45) is 0 Å². The summed E-state index contributed by atoms with van der Waals surface area (Å²) in [6, 6.07) is 4.00. The minimum atomic E-state index is -0.580. The fraction of sp³-hybridized carbons (Fsp3) is 0.600. The topological polar surface area (TPSA) is 51.2 Å². The quantitative estimate of drug-likeness (QED) is 0.431. The van der Waals surface area contributed by atoms with Crippen LogP contribution in [0, 0.1) is 0 Å². The summed E-state index contributed by atoms with van der Waals surface area (Å²) >= 11 is 1.78. The van der Waals surface area contributed by atoms with Gasteiger partial charge in [-0.1, -0.05) is 6.92 Å². The monoisotopic (exact) mass is 296 g/mol. The average Bonchev–Trinajstić information content (AvgIpc) is 2.45. The van der Waals surface area contributed by atoms with Gasteiger partial charge >= 0.3 is 5.97 Å². The molecule has 1 atom stereocenters. The van der Waals surface area contributed by atoms with E-state index in [0.29, 0.717) is 6.61 Å². The van der Waals surface area contributed by atoms with E-state index in [1.807, 2.05) is 32.9 Å². The van der Waals surface area contributed by atoms with Crippen molar-refractivity contribution in [3.05, 3.63) is 24.5 Å². The number of carbonyl (C=O) groups is 1. The van der Waals surface area contributed by atoms with Gasteiger partial charge in [-0.25, -0.2) is 0 Å². The number of esters is 1. The van der Waals surface area contributed by atoms with Crippen LogP contribution in [0.1, 0.15) is 33.6 Å². The van der Waals surface area contributed by atoms with Crippen LogP contribution in [-0.4, -0.2) is 35.4 Å². The van der Waals surface area contributed by atoms with Crippen LogP contribution in [0.4, 0.5) is 0 Å². The lowest BCUT2D eigenvalue weighted by molar-refractivity contribution is -0.150. The van der Waals surface area contributed by atoms with E-state index in [4.69, 9.17) is 4.74 Å². The summed E-state index contributed by atoms with van der Waals surface area (Å²) in [4.78, 5) is 17.2. The molecule has 0 fully saturated rings. The molecular weight excluding hydrogens is 272 g/mol. The Morgan fingerprint density at radius 1 is 1.40 bits per heavy atom. The number of hydrogen-bond acceptors (Lipinski definition) is 5. The fourth-order valence-electron chi connectivity index (χ4n) is 1.99. The van der Waals surface area contributed by atoms with Gasteiger partial charge in [0.2, 0.25) is 0 Å². The summed E-state index contributed by atoms with van der Waals surface area (Å²) in [5, 5.41) is 3.25. The zero-order valence-electron chi connectivity index (χ0n) is 12.5. The van der Waals surface area contributed by atoms with E-state index < -0.39 is 5.54 Å². The van der Waals surface area contributed by atoms with Gasteiger partial charge in [-0.15, -0.1) is 11.8 Å². The van der Waals surface area contributed by atoms with E-state index in [0.717, 1.165) is 25.1 Å². The van der Waals surface area contributed by atoms with Gasteiger partial charge in [-0.05, 0) is 51.1 Å². The van der Waals surface area contributed by atoms with Gasteiger partial charge in [0, 0.05) is 17.3 Å². The van der Waals surface area contributed by atoms with Gasteiger partial charge in [0.05, 0.1) is 6.61 Å². The molecule has 0 aromatic carbocycles. The highest BCUT2D eigenvalue weighted by Crippen LogP contribution is 2.21. The second-order valence-electron chi connectivity index (χ2n) is 4.72. The Bertz CT molecular complexity index is 400. The minimum absolute atomic E-state index is 0.157. The van der Waals surface area contributed by atoms with Crippen LogP contribution in [0.15, 0.2) is 29.4 Å². The number of thioether (sulfide) groups is 1. The zero-order valence-corrected chi connectivity index (χ0v) is 13.3. The molecule has 112 valence electrons. The molecule has 0 amide bonds. The number of aromatic nitrogens is 1. The molecule has 1 N–H and O–H groups in total. The lowest BCUT2D eigenvalue weighted by Crippen LogP contribution is -2.50. The first-order valence-corrected chi connectivity index (χ1v) is 8.06. The third-order valence-corrected chi connectivity index (χ3v) is 4.13. The zero-order chi connectivity index (χ0) is 14.8. The molecule has 0 aliphatic heterocycles. The normalized spacial score (nSPS) is 13.8. The number of ether oxygens (including phenoxy) is 1. The fourth-order valence-corrected chi connectivity index (χ4v) is 2.83. The lowest BCUT2D eigenvalue weighted by atomic mass is 9.96. The predicted molar refractivity (Wildman–Crippen MR) is 82.9 cm³/mol. The van der Waals surface area contributed by atoms with E-state index >= 15 is 0 Å². The van der Waals surface area contributed by atoms with Crippen molar-refractivity contribution in [1.82, 2.24) is 10.3 Å². The maximum absolute atomic E-state index is 12.0. The number of nitrogens with zero attached hydrogens (tertiary/aromatic N) is 1. The summed E-state index contributed by atoms with van der Waals surface area (Å²) in [6.07, 6.45) is 5.32. The molecule has 1 rings (SSSR count). The van der Waals surface area contributed by atoms with Crippen molar-refractivity contribution in [2.45, 2.75) is 44.0 Å². The Labute approximate surface area is 125 Å². The summed E-state index contributed by atoms with van der Waals surface area (Å²) < 4.78 is 5.16. The van der Waals surface area contributed by atoms with Gasteiger partial charge in [0.25, 0.3) is 0 Å². The van der Waals surface area contributed by atoms with Crippen molar-refractivity contribution in [3.8, 4) is 0 Å². The highest BCUT2D eigenvalue weighted by Gasteiger charge is 2.32. The number of carbonyl (C=O) groups excluding carboxylic acids is 1. The van der Waals surface area contributed by atoms with Crippen LogP contribution in [0.3, 0.4) is 0 Å². The largest absolute Gasteiger partial charge is 0.465 e. The van der Waals surface area contributed by atoms with E-state index in [2.05, 4.69) is 10.3 Å². The number of pyridine rings is 1. The molecule has 1 unspecified atom stereocenters. The Morgan fingerprint density at radius 2 is 2.10 bits per heavy atom. The van der Waals surface area contributed by atoms with Crippen molar-refractivity contribution >= 4 is 17.7 Å².